The van der Waals surface area contributed by atoms with E-state index in [1.165, 1.54) is 44.9 Å². The first kappa shape index (κ1) is 29.1. The third-order valence-electron chi connectivity index (χ3n) is 5.57. The quantitative estimate of drug-likeness (QED) is 0.0686. The molecule has 180 valence electrons. The van der Waals surface area contributed by atoms with Crippen molar-refractivity contribution < 1.29 is 14.7 Å². The van der Waals surface area contributed by atoms with Crippen LogP contribution in [0.2, 0.25) is 0 Å². The van der Waals surface area contributed by atoms with E-state index in [9.17, 15) is 14.7 Å². The largest absolute Gasteiger partial charge is 0.480 e. The lowest BCUT2D eigenvalue weighted by atomic mass is 9.87. The number of allylic oxidation sites excluding steroid dienone is 2. The predicted octanol–water partition coefficient (Wildman–Crippen LogP) is 4.43. The fraction of sp³-hybridized carbons (Fsp3) is 0.792. The lowest BCUT2D eigenvalue weighted by Crippen LogP contribution is -2.55. The molecule has 0 aliphatic rings. The van der Waals surface area contributed by atoms with E-state index >= 15 is 0 Å². The van der Waals surface area contributed by atoms with Gasteiger partial charge in [-0.15, -0.1) is 0 Å². The Hall–Kier alpha value is -1.89. The summed E-state index contributed by atoms with van der Waals surface area (Å²) in [4.78, 5) is 27.7. The zero-order valence-corrected chi connectivity index (χ0v) is 19.6. The van der Waals surface area contributed by atoms with Crippen molar-refractivity contribution in [1.29, 1.82) is 0 Å². The Morgan fingerprint density at radius 1 is 0.839 bits per heavy atom. The molecule has 7 nitrogen and oxygen atoms in total. The molecule has 31 heavy (non-hydrogen) atoms. The molecule has 0 radical (unpaired) electrons. The molecule has 7 heteroatoms. The second-order valence-electron chi connectivity index (χ2n) is 8.44. The third kappa shape index (κ3) is 15.5. The summed E-state index contributed by atoms with van der Waals surface area (Å²) in [7, 11) is 0. The smallest absolute Gasteiger partial charge is 0.331 e. The molecule has 0 bridgehead atoms. The minimum Gasteiger partial charge on any atom is -0.480 e. The monoisotopic (exact) mass is 438 g/mol. The van der Waals surface area contributed by atoms with Crippen LogP contribution < -0.4 is 17.2 Å². The maximum atomic E-state index is 12.4. The second kappa shape index (κ2) is 18.8. The van der Waals surface area contributed by atoms with Crippen LogP contribution in [0.3, 0.4) is 0 Å². The van der Waals surface area contributed by atoms with Crippen molar-refractivity contribution in [2.45, 2.75) is 115 Å². The first-order chi connectivity index (χ1) is 14.8. The summed E-state index contributed by atoms with van der Waals surface area (Å²) in [5.41, 5.74) is 14.5. The summed E-state index contributed by atoms with van der Waals surface area (Å²) in [5.74, 6) is -1.75. The molecule has 1 atom stereocenters. The van der Waals surface area contributed by atoms with Crippen LogP contribution in [0.5, 0.6) is 0 Å². The highest BCUT2D eigenvalue weighted by Gasteiger charge is 2.40. The standard InChI is InChI=1S/C24H46N4O3/c1-2-3-4-5-6-7-8-9-10-11-12-13-14-15-16-18-21(29)24(27,22(30)31)19-17-20-28-23(25)26/h9-10H,2-8,11-20,27H2,1H3,(H,30,31)(H4,25,26,28)/b10-9-/t24-/m1/s1. The molecule has 0 saturated carbocycles. The van der Waals surface area contributed by atoms with Crippen LogP contribution >= 0.6 is 0 Å². The topological polar surface area (TPSA) is 145 Å². The van der Waals surface area contributed by atoms with Gasteiger partial charge < -0.3 is 22.3 Å². The fourth-order valence-electron chi connectivity index (χ4n) is 3.51. The Labute approximate surface area is 188 Å². The zero-order valence-electron chi connectivity index (χ0n) is 19.6. The van der Waals surface area contributed by atoms with Gasteiger partial charge >= 0.3 is 5.97 Å². The van der Waals surface area contributed by atoms with E-state index in [-0.39, 0.29) is 25.3 Å². The number of aliphatic carboxylic acids is 1. The summed E-state index contributed by atoms with van der Waals surface area (Å²) in [6.07, 6.45) is 20.4. The van der Waals surface area contributed by atoms with Crippen LogP contribution in [0.25, 0.3) is 0 Å². The van der Waals surface area contributed by atoms with E-state index in [1.54, 1.807) is 0 Å². The van der Waals surface area contributed by atoms with Crippen molar-refractivity contribution in [3.05, 3.63) is 12.2 Å². The van der Waals surface area contributed by atoms with E-state index < -0.39 is 17.3 Å². The van der Waals surface area contributed by atoms with Gasteiger partial charge in [0.25, 0.3) is 0 Å². The number of carboxylic acids is 1. The number of rotatable bonds is 21. The minimum absolute atomic E-state index is 0.0308. The molecule has 0 aliphatic heterocycles. The normalized spacial score (nSPS) is 13.2. The maximum absolute atomic E-state index is 12.4. The predicted molar refractivity (Wildman–Crippen MR) is 129 cm³/mol. The van der Waals surface area contributed by atoms with Gasteiger partial charge in [-0.25, -0.2) is 4.79 Å². The first-order valence-electron chi connectivity index (χ1n) is 12.1. The van der Waals surface area contributed by atoms with Crippen LogP contribution in [0.1, 0.15) is 110 Å². The van der Waals surface area contributed by atoms with Crippen LogP contribution in [0.4, 0.5) is 0 Å². The van der Waals surface area contributed by atoms with Crippen molar-refractivity contribution in [3.63, 3.8) is 0 Å². The van der Waals surface area contributed by atoms with Gasteiger partial charge in [0, 0.05) is 13.0 Å². The number of unbranched alkanes of at least 4 members (excludes halogenated alkanes) is 11. The highest BCUT2D eigenvalue weighted by atomic mass is 16.4. The van der Waals surface area contributed by atoms with Gasteiger partial charge in [0.15, 0.2) is 17.3 Å². The molecule has 7 N–H and O–H groups in total. The van der Waals surface area contributed by atoms with E-state index in [1.807, 2.05) is 0 Å². The number of aliphatic imine (C=N–C) groups is 1. The van der Waals surface area contributed by atoms with Crippen molar-refractivity contribution in [3.8, 4) is 0 Å². The summed E-state index contributed by atoms with van der Waals surface area (Å²) in [6.45, 7) is 2.50. The molecule has 0 aromatic heterocycles. The summed E-state index contributed by atoms with van der Waals surface area (Å²) in [6, 6.07) is 0. The zero-order chi connectivity index (χ0) is 23.4. The Morgan fingerprint density at radius 3 is 1.87 bits per heavy atom. The summed E-state index contributed by atoms with van der Waals surface area (Å²) >= 11 is 0. The highest BCUT2D eigenvalue weighted by molar-refractivity contribution is 6.07. The second-order valence-corrected chi connectivity index (χ2v) is 8.44. The molecule has 0 aromatic carbocycles. The number of Topliss-reactive ketones (excluding diaryl/α,β-unsaturated/α-hetero) is 1. The molecule has 0 aromatic rings. The van der Waals surface area contributed by atoms with Crippen molar-refractivity contribution in [2.75, 3.05) is 6.54 Å². The van der Waals surface area contributed by atoms with Crippen LogP contribution in [0, 0.1) is 0 Å². The van der Waals surface area contributed by atoms with Gasteiger partial charge in [0.2, 0.25) is 0 Å². The number of hydrogen-bond donors (Lipinski definition) is 4. The number of carbonyl (C=O) groups is 2. The average molecular weight is 439 g/mol. The van der Waals surface area contributed by atoms with Crippen LogP contribution in [-0.4, -0.2) is 34.9 Å². The number of guanidine groups is 1. The molecule has 0 saturated heterocycles. The van der Waals surface area contributed by atoms with Gasteiger partial charge in [-0.2, -0.15) is 0 Å². The van der Waals surface area contributed by atoms with E-state index in [4.69, 9.17) is 17.2 Å². The lowest BCUT2D eigenvalue weighted by molar-refractivity contribution is -0.148. The minimum atomic E-state index is -1.85. The summed E-state index contributed by atoms with van der Waals surface area (Å²) in [5, 5.41) is 9.40. The summed E-state index contributed by atoms with van der Waals surface area (Å²) < 4.78 is 0. The van der Waals surface area contributed by atoms with Crippen LogP contribution in [0.15, 0.2) is 17.1 Å². The Bertz CT molecular complexity index is 545. The lowest BCUT2D eigenvalue weighted by Gasteiger charge is -2.23. The molecule has 0 aliphatic carbocycles. The molecular formula is C24H46N4O3. The number of carbonyl (C=O) groups excluding carboxylic acids is 1. The number of carboxylic acid groups (broad SMARTS) is 1. The third-order valence-corrected chi connectivity index (χ3v) is 5.57. The molecule has 0 amide bonds. The SMILES string of the molecule is CCCCCCCC/C=C\CCCCCCCC(=O)[C@](N)(CCCN=C(N)N)C(=O)O. The molecule has 0 fully saturated rings. The molecular weight excluding hydrogens is 392 g/mol. The molecule has 0 spiro atoms. The van der Waals surface area contributed by atoms with E-state index in [0.717, 1.165) is 32.1 Å². The van der Waals surface area contributed by atoms with Gasteiger partial charge in [-0.05, 0) is 44.9 Å². The number of nitrogens with zero attached hydrogens (tertiary/aromatic N) is 1. The van der Waals surface area contributed by atoms with Crippen molar-refractivity contribution in [2.24, 2.45) is 22.2 Å². The Kier molecular flexibility index (Phi) is 17.7. The number of hydrogen-bond acceptors (Lipinski definition) is 4. The van der Waals surface area contributed by atoms with Gasteiger partial charge in [0.05, 0.1) is 0 Å². The van der Waals surface area contributed by atoms with Crippen molar-refractivity contribution in [1.82, 2.24) is 0 Å². The highest BCUT2D eigenvalue weighted by Crippen LogP contribution is 2.17. The number of ketones is 1. The number of nitrogens with two attached hydrogens (primary N) is 3. The fourth-order valence-corrected chi connectivity index (χ4v) is 3.51. The van der Waals surface area contributed by atoms with Crippen molar-refractivity contribution >= 4 is 17.7 Å². The first-order valence-corrected chi connectivity index (χ1v) is 12.1. The van der Waals surface area contributed by atoms with Gasteiger partial charge in [0.1, 0.15) is 0 Å². The van der Waals surface area contributed by atoms with Gasteiger partial charge in [-0.3, -0.25) is 9.79 Å². The van der Waals surface area contributed by atoms with E-state index in [2.05, 4.69) is 24.1 Å². The van der Waals surface area contributed by atoms with E-state index in [0.29, 0.717) is 12.8 Å². The molecule has 0 unspecified atom stereocenters. The van der Waals surface area contributed by atoms with Gasteiger partial charge in [-0.1, -0.05) is 70.4 Å². The van der Waals surface area contributed by atoms with Crippen LogP contribution in [-0.2, 0) is 9.59 Å². The Balaban J connectivity index is 3.81. The Morgan fingerprint density at radius 2 is 1.35 bits per heavy atom. The molecule has 0 heterocycles. The maximum Gasteiger partial charge on any atom is 0.331 e. The molecule has 0 rings (SSSR count). The average Bonchev–Trinajstić information content (AvgIpc) is 2.73.